The third-order valence-electron chi connectivity index (χ3n) is 4.62. The predicted molar refractivity (Wildman–Crippen MR) is 122 cm³/mol. The highest BCUT2D eigenvalue weighted by atomic mass is 35.5. The maximum absolute atomic E-state index is 12.8. The lowest BCUT2D eigenvalue weighted by molar-refractivity contribution is -0.116. The van der Waals surface area contributed by atoms with Crippen molar-refractivity contribution in [3.05, 3.63) is 69.6 Å². The van der Waals surface area contributed by atoms with E-state index in [9.17, 15) is 14.4 Å². The van der Waals surface area contributed by atoms with Crippen LogP contribution >= 0.6 is 11.6 Å². The Kier molecular flexibility index (Phi) is 7.41. The Balaban J connectivity index is 1.62. The normalized spacial score (nSPS) is 11.0. The zero-order valence-corrected chi connectivity index (χ0v) is 18.3. The monoisotopic (exact) mass is 440 g/mol. The Morgan fingerprint density at radius 1 is 1.06 bits per heavy atom. The van der Waals surface area contributed by atoms with E-state index in [0.29, 0.717) is 41.0 Å². The fraction of sp³-hybridized carbons (Fsp3) is 0.304. The molecule has 7 nitrogen and oxygen atoms in total. The molecule has 0 radical (unpaired) electrons. The Morgan fingerprint density at radius 2 is 1.74 bits per heavy atom. The minimum atomic E-state index is -0.369. The van der Waals surface area contributed by atoms with Crippen molar-refractivity contribution in [2.45, 2.75) is 33.2 Å². The average Bonchev–Trinajstić information content (AvgIpc) is 2.74. The summed E-state index contributed by atoms with van der Waals surface area (Å²) in [5.41, 5.74) is 0.669. The second kappa shape index (κ2) is 10.2. The number of benzene rings is 2. The zero-order valence-electron chi connectivity index (χ0n) is 17.5. The molecule has 0 aliphatic heterocycles. The van der Waals surface area contributed by atoms with E-state index in [1.807, 2.05) is 13.8 Å². The summed E-state index contributed by atoms with van der Waals surface area (Å²) >= 11 is 5.83. The van der Waals surface area contributed by atoms with Crippen LogP contribution in [0.15, 0.2) is 53.3 Å². The van der Waals surface area contributed by atoms with E-state index < -0.39 is 0 Å². The van der Waals surface area contributed by atoms with Crippen molar-refractivity contribution in [1.82, 2.24) is 15.1 Å². The van der Waals surface area contributed by atoms with Crippen molar-refractivity contribution >= 4 is 39.9 Å². The van der Waals surface area contributed by atoms with Crippen LogP contribution in [-0.4, -0.2) is 28.1 Å². The number of rotatable bonds is 8. The van der Waals surface area contributed by atoms with Crippen molar-refractivity contribution in [1.29, 1.82) is 0 Å². The summed E-state index contributed by atoms with van der Waals surface area (Å²) in [5.74, 6) is -0.307. The molecule has 2 aromatic carbocycles. The number of aromatic nitrogens is 2. The lowest BCUT2D eigenvalue weighted by atomic mass is 10.1. The molecular formula is C23H25ClN4O3. The van der Waals surface area contributed by atoms with Gasteiger partial charge in [-0.25, -0.2) is 4.68 Å². The van der Waals surface area contributed by atoms with E-state index in [0.717, 1.165) is 0 Å². The summed E-state index contributed by atoms with van der Waals surface area (Å²) in [6, 6.07) is 13.8. The van der Waals surface area contributed by atoms with E-state index in [4.69, 9.17) is 11.6 Å². The quantitative estimate of drug-likeness (QED) is 0.520. The van der Waals surface area contributed by atoms with Crippen molar-refractivity contribution in [2.24, 2.45) is 5.92 Å². The number of fused-ring (bicyclic) bond motifs is 1. The molecule has 162 valence electrons. The van der Waals surface area contributed by atoms with Gasteiger partial charge in [-0.15, -0.1) is 0 Å². The fourth-order valence-electron chi connectivity index (χ4n) is 3.16. The number of anilines is 1. The Hall–Kier alpha value is -3.19. The number of amides is 2. The molecule has 8 heteroatoms. The first-order chi connectivity index (χ1) is 14.8. The molecule has 1 aromatic heterocycles. The Bertz CT molecular complexity index is 1140. The summed E-state index contributed by atoms with van der Waals surface area (Å²) in [4.78, 5) is 37.5. The molecule has 0 aliphatic carbocycles. The number of carbonyl (C=O) groups excluding carboxylic acids is 2. The summed E-state index contributed by atoms with van der Waals surface area (Å²) in [6.45, 7) is 4.71. The lowest BCUT2D eigenvalue weighted by Crippen LogP contribution is -2.32. The van der Waals surface area contributed by atoms with Gasteiger partial charge in [-0.05, 0) is 42.7 Å². The minimum absolute atomic E-state index is 0.148. The number of hydrogen-bond acceptors (Lipinski definition) is 4. The van der Waals surface area contributed by atoms with Crippen molar-refractivity contribution in [3.8, 4) is 0 Å². The van der Waals surface area contributed by atoms with Crippen LogP contribution in [0.25, 0.3) is 10.8 Å². The first-order valence-corrected chi connectivity index (χ1v) is 10.6. The van der Waals surface area contributed by atoms with Crippen LogP contribution in [0.5, 0.6) is 0 Å². The number of nitrogens with zero attached hydrogens (tertiary/aromatic N) is 2. The van der Waals surface area contributed by atoms with Gasteiger partial charge in [0.25, 0.3) is 11.5 Å². The van der Waals surface area contributed by atoms with Gasteiger partial charge in [0.2, 0.25) is 5.91 Å². The maximum Gasteiger partial charge on any atom is 0.274 e. The maximum atomic E-state index is 12.8. The first-order valence-electron chi connectivity index (χ1n) is 10.2. The largest absolute Gasteiger partial charge is 0.351 e. The van der Waals surface area contributed by atoms with Crippen LogP contribution in [0, 0.1) is 5.92 Å². The van der Waals surface area contributed by atoms with E-state index in [1.54, 1.807) is 48.5 Å². The molecule has 2 amide bonds. The second-order valence-electron chi connectivity index (χ2n) is 7.69. The molecule has 0 spiro atoms. The summed E-state index contributed by atoms with van der Waals surface area (Å²) in [6.07, 6.45) is 0.721. The smallest absolute Gasteiger partial charge is 0.274 e. The molecule has 3 aromatic rings. The van der Waals surface area contributed by atoms with Crippen molar-refractivity contribution in [2.75, 3.05) is 11.9 Å². The summed E-state index contributed by atoms with van der Waals surface area (Å²) in [5, 5.41) is 11.5. The highest BCUT2D eigenvalue weighted by Crippen LogP contribution is 2.15. The van der Waals surface area contributed by atoms with Crippen LogP contribution in [0.3, 0.4) is 0 Å². The Labute approximate surface area is 185 Å². The fourth-order valence-corrected chi connectivity index (χ4v) is 3.29. The lowest BCUT2D eigenvalue weighted by Gasteiger charge is -2.12. The molecule has 0 unspecified atom stereocenters. The highest BCUT2D eigenvalue weighted by molar-refractivity contribution is 6.30. The molecular weight excluding hydrogens is 416 g/mol. The zero-order chi connectivity index (χ0) is 22.4. The topological polar surface area (TPSA) is 93.1 Å². The number of nitrogens with one attached hydrogen (secondary N) is 2. The van der Waals surface area contributed by atoms with Gasteiger partial charge >= 0.3 is 0 Å². The third kappa shape index (κ3) is 5.92. The van der Waals surface area contributed by atoms with Crippen molar-refractivity contribution < 1.29 is 9.59 Å². The number of halogens is 1. The SMILES string of the molecule is CC(C)Cn1nc(C(=O)NCCCC(=O)Nc2ccc(Cl)cc2)c2ccccc2c1=O. The van der Waals surface area contributed by atoms with Gasteiger partial charge in [0, 0.05) is 35.6 Å². The molecule has 2 N–H and O–H groups in total. The molecule has 0 atom stereocenters. The molecule has 1 heterocycles. The van der Waals surface area contributed by atoms with E-state index >= 15 is 0 Å². The van der Waals surface area contributed by atoms with Gasteiger partial charge in [-0.2, -0.15) is 5.10 Å². The number of hydrogen-bond donors (Lipinski definition) is 2. The van der Waals surface area contributed by atoms with Gasteiger partial charge in [0.1, 0.15) is 0 Å². The molecule has 0 bridgehead atoms. The average molecular weight is 441 g/mol. The van der Waals surface area contributed by atoms with Crippen molar-refractivity contribution in [3.63, 3.8) is 0 Å². The van der Waals surface area contributed by atoms with E-state index in [1.165, 1.54) is 4.68 Å². The molecule has 31 heavy (non-hydrogen) atoms. The van der Waals surface area contributed by atoms with Crippen LogP contribution in [-0.2, 0) is 11.3 Å². The van der Waals surface area contributed by atoms with Gasteiger partial charge < -0.3 is 10.6 Å². The van der Waals surface area contributed by atoms with Crippen LogP contribution in [0.4, 0.5) is 5.69 Å². The molecule has 3 rings (SSSR count). The third-order valence-corrected chi connectivity index (χ3v) is 4.87. The standard InChI is InChI=1S/C23H25ClN4O3/c1-15(2)14-28-23(31)19-7-4-3-6-18(19)21(27-28)22(30)25-13-5-8-20(29)26-17-11-9-16(24)10-12-17/h3-4,6-7,9-12,15H,5,8,13-14H2,1-2H3,(H,25,30)(H,26,29). The molecule has 0 aliphatic rings. The second-order valence-corrected chi connectivity index (χ2v) is 8.13. The molecule has 0 fully saturated rings. The van der Waals surface area contributed by atoms with E-state index in [2.05, 4.69) is 15.7 Å². The summed E-state index contributed by atoms with van der Waals surface area (Å²) < 4.78 is 1.35. The molecule has 0 saturated carbocycles. The minimum Gasteiger partial charge on any atom is -0.351 e. The van der Waals surface area contributed by atoms with Crippen LogP contribution in [0.1, 0.15) is 37.2 Å². The van der Waals surface area contributed by atoms with Crippen LogP contribution in [0.2, 0.25) is 5.02 Å². The highest BCUT2D eigenvalue weighted by Gasteiger charge is 2.17. The summed E-state index contributed by atoms with van der Waals surface area (Å²) in [7, 11) is 0. The Morgan fingerprint density at radius 3 is 2.42 bits per heavy atom. The van der Waals surface area contributed by atoms with Gasteiger partial charge in [-0.1, -0.05) is 43.6 Å². The van der Waals surface area contributed by atoms with Gasteiger partial charge in [0.05, 0.1) is 5.39 Å². The predicted octanol–water partition coefficient (Wildman–Crippen LogP) is 3.85. The first kappa shape index (κ1) is 22.5. The number of carbonyl (C=O) groups is 2. The van der Waals surface area contributed by atoms with E-state index in [-0.39, 0.29) is 35.4 Å². The van der Waals surface area contributed by atoms with Gasteiger partial charge in [0.15, 0.2) is 5.69 Å². The molecule has 0 saturated heterocycles. The van der Waals surface area contributed by atoms with Crippen LogP contribution < -0.4 is 16.2 Å². The van der Waals surface area contributed by atoms with Gasteiger partial charge in [-0.3, -0.25) is 14.4 Å².